The Morgan fingerprint density at radius 1 is 1.31 bits per heavy atom. The monoisotopic (exact) mass is 240 g/mol. The zero-order chi connectivity index (χ0) is 11.2. The fourth-order valence-corrected chi connectivity index (χ4v) is 2.92. The maximum Gasteiger partial charge on any atom is 0.328 e. The van der Waals surface area contributed by atoms with Crippen LogP contribution in [0.15, 0.2) is 0 Å². The highest BCUT2D eigenvalue weighted by Gasteiger charge is 2.16. The van der Waals surface area contributed by atoms with E-state index >= 15 is 0 Å². The predicted octanol–water partition coefficient (Wildman–Crippen LogP) is 3.45. The van der Waals surface area contributed by atoms with Crippen molar-refractivity contribution in [2.45, 2.75) is 51.9 Å². The quantitative estimate of drug-likeness (QED) is 0.790. The summed E-state index contributed by atoms with van der Waals surface area (Å²) in [4.78, 5) is 4.43. The molecule has 1 aromatic rings. The van der Waals surface area contributed by atoms with Crippen molar-refractivity contribution in [3.8, 4) is 6.01 Å². The third-order valence-electron chi connectivity index (χ3n) is 3.07. The minimum absolute atomic E-state index is 0.581. The molecule has 0 bridgehead atoms. The number of ether oxygens (including phenoxy) is 1. The van der Waals surface area contributed by atoms with Crippen molar-refractivity contribution in [2.24, 2.45) is 5.92 Å². The highest BCUT2D eigenvalue weighted by molar-refractivity contribution is 7.05. The Labute approximate surface area is 101 Å². The normalized spacial score (nSPS) is 17.6. The van der Waals surface area contributed by atoms with Crippen LogP contribution in [0.5, 0.6) is 6.01 Å². The van der Waals surface area contributed by atoms with E-state index in [-0.39, 0.29) is 0 Å². The van der Waals surface area contributed by atoms with Crippen LogP contribution < -0.4 is 4.74 Å². The van der Waals surface area contributed by atoms with Crippen molar-refractivity contribution in [3.63, 3.8) is 0 Å². The number of nitrogens with zero attached hydrogens (tertiary/aromatic N) is 2. The third kappa shape index (κ3) is 3.44. The molecule has 4 heteroatoms. The van der Waals surface area contributed by atoms with Crippen LogP contribution in [-0.4, -0.2) is 16.0 Å². The molecular weight excluding hydrogens is 220 g/mol. The molecule has 0 aliphatic heterocycles. The van der Waals surface area contributed by atoms with E-state index < -0.39 is 0 Å². The lowest BCUT2D eigenvalue weighted by atomic mass is 9.87. The van der Waals surface area contributed by atoms with Crippen molar-refractivity contribution < 1.29 is 4.74 Å². The Morgan fingerprint density at radius 3 is 2.88 bits per heavy atom. The summed E-state index contributed by atoms with van der Waals surface area (Å²) in [6.45, 7) is 2.81. The summed E-state index contributed by atoms with van der Waals surface area (Å²) < 4.78 is 9.64. The summed E-state index contributed by atoms with van der Waals surface area (Å²) >= 11 is 1.51. The van der Waals surface area contributed by atoms with E-state index in [1.165, 1.54) is 43.6 Å². The molecule has 2 rings (SSSR count). The van der Waals surface area contributed by atoms with Gasteiger partial charge in [0.1, 0.15) is 5.01 Å². The molecular formula is C12H20N2OS. The van der Waals surface area contributed by atoms with Crippen molar-refractivity contribution in [3.05, 3.63) is 5.01 Å². The van der Waals surface area contributed by atoms with Gasteiger partial charge in [0.05, 0.1) is 6.61 Å². The van der Waals surface area contributed by atoms with Gasteiger partial charge in [-0.25, -0.2) is 0 Å². The van der Waals surface area contributed by atoms with E-state index in [0.29, 0.717) is 6.01 Å². The summed E-state index contributed by atoms with van der Waals surface area (Å²) in [6.07, 6.45) is 9.04. The molecule has 0 atom stereocenters. The smallest absolute Gasteiger partial charge is 0.328 e. The molecule has 0 radical (unpaired) electrons. The number of hydrogen-bond donors (Lipinski definition) is 0. The van der Waals surface area contributed by atoms with Crippen molar-refractivity contribution >= 4 is 11.5 Å². The zero-order valence-electron chi connectivity index (χ0n) is 9.95. The van der Waals surface area contributed by atoms with Gasteiger partial charge in [-0.05, 0) is 23.9 Å². The summed E-state index contributed by atoms with van der Waals surface area (Å²) in [7, 11) is 0. The molecule has 1 fully saturated rings. The van der Waals surface area contributed by atoms with Crippen molar-refractivity contribution in [1.82, 2.24) is 9.36 Å². The molecule has 1 heterocycles. The molecule has 0 N–H and O–H groups in total. The van der Waals surface area contributed by atoms with Gasteiger partial charge in [-0.15, -0.1) is 4.37 Å². The molecule has 0 aromatic carbocycles. The van der Waals surface area contributed by atoms with Gasteiger partial charge in [0.15, 0.2) is 0 Å². The summed E-state index contributed by atoms with van der Waals surface area (Å²) in [6, 6.07) is 0.581. The lowest BCUT2D eigenvalue weighted by Gasteiger charge is -2.19. The lowest BCUT2D eigenvalue weighted by Crippen LogP contribution is -2.09. The first-order valence-corrected chi connectivity index (χ1v) is 7.11. The van der Waals surface area contributed by atoms with Crippen molar-refractivity contribution in [1.29, 1.82) is 0 Å². The van der Waals surface area contributed by atoms with Gasteiger partial charge < -0.3 is 4.74 Å². The van der Waals surface area contributed by atoms with Crippen LogP contribution in [0.1, 0.15) is 50.5 Å². The van der Waals surface area contributed by atoms with E-state index in [1.807, 2.05) is 0 Å². The Hall–Kier alpha value is -0.640. The maximum absolute atomic E-state index is 5.41. The van der Waals surface area contributed by atoms with Gasteiger partial charge >= 0.3 is 6.01 Å². The average molecular weight is 240 g/mol. The minimum Gasteiger partial charge on any atom is -0.463 e. The van der Waals surface area contributed by atoms with Crippen LogP contribution in [0.2, 0.25) is 0 Å². The summed E-state index contributed by atoms with van der Waals surface area (Å²) in [5, 5.41) is 1.15. The highest BCUT2D eigenvalue weighted by atomic mass is 32.1. The number of hydrogen-bond acceptors (Lipinski definition) is 4. The van der Waals surface area contributed by atoms with E-state index in [0.717, 1.165) is 30.4 Å². The first-order chi connectivity index (χ1) is 7.88. The van der Waals surface area contributed by atoms with Gasteiger partial charge in [0, 0.05) is 6.42 Å². The van der Waals surface area contributed by atoms with E-state index in [1.54, 1.807) is 0 Å². The van der Waals surface area contributed by atoms with Gasteiger partial charge in [0.25, 0.3) is 0 Å². The standard InChI is InChI=1S/C12H20N2OS/c1-2-8-15-12-13-11(16-14-12)9-10-6-4-3-5-7-10/h10H,2-9H2,1H3. The van der Waals surface area contributed by atoms with Crippen LogP contribution in [0, 0.1) is 5.92 Å². The van der Waals surface area contributed by atoms with Gasteiger partial charge in [-0.3, -0.25) is 0 Å². The summed E-state index contributed by atoms with van der Waals surface area (Å²) in [5.41, 5.74) is 0. The SMILES string of the molecule is CCCOc1nsc(CC2CCCCC2)n1. The summed E-state index contributed by atoms with van der Waals surface area (Å²) in [5.74, 6) is 0.834. The Kier molecular flexibility index (Phi) is 4.57. The van der Waals surface area contributed by atoms with E-state index in [4.69, 9.17) is 4.74 Å². The first kappa shape index (κ1) is 11.8. The average Bonchev–Trinajstić information content (AvgIpc) is 2.75. The van der Waals surface area contributed by atoms with Crippen LogP contribution in [0.25, 0.3) is 0 Å². The van der Waals surface area contributed by atoms with Crippen LogP contribution in [0.4, 0.5) is 0 Å². The van der Waals surface area contributed by atoms with Crippen LogP contribution >= 0.6 is 11.5 Å². The second-order valence-electron chi connectivity index (χ2n) is 4.53. The zero-order valence-corrected chi connectivity index (χ0v) is 10.8. The van der Waals surface area contributed by atoms with E-state index in [2.05, 4.69) is 16.3 Å². The molecule has 1 aliphatic rings. The largest absolute Gasteiger partial charge is 0.463 e. The first-order valence-electron chi connectivity index (χ1n) is 6.34. The fraction of sp³-hybridized carbons (Fsp3) is 0.833. The molecule has 90 valence electrons. The second kappa shape index (κ2) is 6.18. The molecule has 0 unspecified atom stereocenters. The van der Waals surface area contributed by atoms with Crippen LogP contribution in [-0.2, 0) is 6.42 Å². The number of aromatic nitrogens is 2. The Morgan fingerprint density at radius 2 is 2.12 bits per heavy atom. The predicted molar refractivity (Wildman–Crippen MR) is 66.0 cm³/mol. The molecule has 0 amide bonds. The molecule has 3 nitrogen and oxygen atoms in total. The molecule has 0 spiro atoms. The third-order valence-corrected chi connectivity index (χ3v) is 3.79. The van der Waals surface area contributed by atoms with Gasteiger partial charge in [-0.2, -0.15) is 4.98 Å². The van der Waals surface area contributed by atoms with Crippen molar-refractivity contribution in [2.75, 3.05) is 6.61 Å². The number of rotatable bonds is 5. The molecule has 1 aromatic heterocycles. The molecule has 0 saturated heterocycles. The fourth-order valence-electron chi connectivity index (χ4n) is 2.21. The second-order valence-corrected chi connectivity index (χ2v) is 5.36. The minimum atomic E-state index is 0.581. The highest BCUT2D eigenvalue weighted by Crippen LogP contribution is 2.27. The topological polar surface area (TPSA) is 35.0 Å². The molecule has 16 heavy (non-hydrogen) atoms. The maximum atomic E-state index is 5.41. The van der Waals surface area contributed by atoms with Crippen LogP contribution in [0.3, 0.4) is 0 Å². The Balaban J connectivity index is 1.81. The van der Waals surface area contributed by atoms with E-state index in [9.17, 15) is 0 Å². The lowest BCUT2D eigenvalue weighted by molar-refractivity contribution is 0.294. The van der Waals surface area contributed by atoms with Gasteiger partial charge in [-0.1, -0.05) is 39.0 Å². The van der Waals surface area contributed by atoms with Gasteiger partial charge in [0.2, 0.25) is 0 Å². The molecule has 1 saturated carbocycles. The Bertz CT molecular complexity index is 308. The molecule has 1 aliphatic carbocycles.